The van der Waals surface area contributed by atoms with Gasteiger partial charge in [-0.2, -0.15) is 15.0 Å². The number of rotatable bonds is 6. The molecule has 0 bridgehead atoms. The molecule has 0 unspecified atom stereocenters. The van der Waals surface area contributed by atoms with Crippen molar-refractivity contribution in [3.05, 3.63) is 41.5 Å². The standard InChI is InChI=1S/C18H22FN5O2/c1-26-18-22-15(21-17(23-18)24-9-3-2-4-10-24)12-20-16(25)11-13-5-7-14(19)8-6-13/h5-8H,2-4,9-12H2,1H3,(H,20,25). The Balaban J connectivity index is 1.62. The molecule has 0 spiro atoms. The molecule has 1 aliphatic heterocycles. The Kier molecular flexibility index (Phi) is 5.93. The molecule has 1 aromatic carbocycles. The molecule has 0 atom stereocenters. The molecule has 138 valence electrons. The Labute approximate surface area is 151 Å². The van der Waals surface area contributed by atoms with Crippen LogP contribution in [0.2, 0.25) is 0 Å². The van der Waals surface area contributed by atoms with Gasteiger partial charge in [0, 0.05) is 13.1 Å². The van der Waals surface area contributed by atoms with E-state index in [2.05, 4.69) is 25.2 Å². The lowest BCUT2D eigenvalue weighted by Gasteiger charge is -2.26. The number of nitrogens with one attached hydrogen (secondary N) is 1. The number of aromatic nitrogens is 3. The van der Waals surface area contributed by atoms with E-state index in [4.69, 9.17) is 4.74 Å². The van der Waals surface area contributed by atoms with Gasteiger partial charge in [-0.15, -0.1) is 0 Å². The minimum atomic E-state index is -0.323. The first-order chi connectivity index (χ1) is 12.6. The normalized spacial score (nSPS) is 14.2. The number of hydrogen-bond donors (Lipinski definition) is 1. The van der Waals surface area contributed by atoms with Crippen molar-refractivity contribution >= 4 is 11.9 Å². The highest BCUT2D eigenvalue weighted by Crippen LogP contribution is 2.17. The van der Waals surface area contributed by atoms with Crippen LogP contribution in [0, 0.1) is 5.82 Å². The van der Waals surface area contributed by atoms with Crippen molar-refractivity contribution in [3.63, 3.8) is 0 Å². The Hall–Kier alpha value is -2.77. The maximum atomic E-state index is 12.9. The van der Waals surface area contributed by atoms with Crippen LogP contribution in [0.4, 0.5) is 10.3 Å². The van der Waals surface area contributed by atoms with E-state index in [1.807, 2.05) is 0 Å². The summed E-state index contributed by atoms with van der Waals surface area (Å²) in [5, 5.41) is 2.78. The van der Waals surface area contributed by atoms with E-state index in [1.54, 1.807) is 12.1 Å². The Bertz CT molecular complexity index is 748. The van der Waals surface area contributed by atoms with E-state index in [9.17, 15) is 9.18 Å². The van der Waals surface area contributed by atoms with Gasteiger partial charge in [0.25, 0.3) is 0 Å². The SMILES string of the molecule is COc1nc(CNC(=O)Cc2ccc(F)cc2)nc(N2CCCCC2)n1. The minimum Gasteiger partial charge on any atom is -0.467 e. The van der Waals surface area contributed by atoms with E-state index in [1.165, 1.54) is 25.7 Å². The summed E-state index contributed by atoms with van der Waals surface area (Å²) in [5.74, 6) is 0.524. The minimum absolute atomic E-state index is 0.168. The lowest BCUT2D eigenvalue weighted by molar-refractivity contribution is -0.120. The molecule has 1 N–H and O–H groups in total. The first-order valence-corrected chi connectivity index (χ1v) is 8.69. The molecule has 1 aromatic heterocycles. The largest absolute Gasteiger partial charge is 0.467 e. The summed E-state index contributed by atoms with van der Waals surface area (Å²) in [6, 6.07) is 6.10. The molecule has 0 saturated carbocycles. The van der Waals surface area contributed by atoms with Gasteiger partial charge >= 0.3 is 6.01 Å². The number of carbonyl (C=O) groups is 1. The predicted octanol–water partition coefficient (Wildman–Crippen LogP) is 1.87. The second-order valence-corrected chi connectivity index (χ2v) is 6.17. The molecule has 1 saturated heterocycles. The monoisotopic (exact) mass is 359 g/mol. The van der Waals surface area contributed by atoms with Crippen LogP contribution in [-0.4, -0.2) is 41.1 Å². The van der Waals surface area contributed by atoms with Gasteiger partial charge in [-0.3, -0.25) is 4.79 Å². The summed E-state index contributed by atoms with van der Waals surface area (Å²) < 4.78 is 18.1. The van der Waals surface area contributed by atoms with Crippen LogP contribution in [0.15, 0.2) is 24.3 Å². The number of hydrogen-bond acceptors (Lipinski definition) is 6. The fraction of sp³-hybridized carbons (Fsp3) is 0.444. The van der Waals surface area contributed by atoms with Gasteiger partial charge in [0.05, 0.1) is 20.1 Å². The lowest BCUT2D eigenvalue weighted by Crippen LogP contribution is -2.32. The average molecular weight is 359 g/mol. The van der Waals surface area contributed by atoms with Crippen LogP contribution in [0.1, 0.15) is 30.7 Å². The number of carbonyl (C=O) groups excluding carboxylic acids is 1. The Morgan fingerprint density at radius 3 is 2.58 bits per heavy atom. The third-order valence-electron chi connectivity index (χ3n) is 4.19. The highest BCUT2D eigenvalue weighted by Gasteiger charge is 2.17. The number of amides is 1. The van der Waals surface area contributed by atoms with Crippen molar-refractivity contribution in [3.8, 4) is 6.01 Å². The topological polar surface area (TPSA) is 80.2 Å². The van der Waals surface area contributed by atoms with Gasteiger partial charge in [-0.25, -0.2) is 4.39 Å². The molecule has 1 fully saturated rings. The molecule has 7 nitrogen and oxygen atoms in total. The van der Waals surface area contributed by atoms with Gasteiger partial charge in [0.2, 0.25) is 11.9 Å². The van der Waals surface area contributed by atoms with Gasteiger partial charge in [0.15, 0.2) is 5.82 Å². The van der Waals surface area contributed by atoms with Crippen LogP contribution in [0.5, 0.6) is 6.01 Å². The second-order valence-electron chi connectivity index (χ2n) is 6.17. The van der Waals surface area contributed by atoms with Crippen LogP contribution in [0.25, 0.3) is 0 Å². The van der Waals surface area contributed by atoms with Gasteiger partial charge in [-0.1, -0.05) is 12.1 Å². The van der Waals surface area contributed by atoms with Crippen molar-refractivity contribution in [1.82, 2.24) is 20.3 Å². The number of methoxy groups -OCH3 is 1. The second kappa shape index (κ2) is 8.55. The van der Waals surface area contributed by atoms with E-state index < -0.39 is 0 Å². The fourth-order valence-corrected chi connectivity index (χ4v) is 2.82. The van der Waals surface area contributed by atoms with Crippen molar-refractivity contribution in [2.75, 3.05) is 25.1 Å². The smallest absolute Gasteiger partial charge is 0.321 e. The van der Waals surface area contributed by atoms with E-state index in [0.29, 0.717) is 11.8 Å². The average Bonchev–Trinajstić information content (AvgIpc) is 2.68. The summed E-state index contributed by atoms with van der Waals surface area (Å²) in [6.07, 6.45) is 3.60. The summed E-state index contributed by atoms with van der Waals surface area (Å²) in [4.78, 5) is 27.2. The zero-order valence-corrected chi connectivity index (χ0v) is 14.7. The summed E-state index contributed by atoms with van der Waals surface area (Å²) in [7, 11) is 1.51. The van der Waals surface area contributed by atoms with E-state index in [-0.39, 0.29) is 30.7 Å². The molecular formula is C18H22FN5O2. The number of benzene rings is 1. The lowest BCUT2D eigenvalue weighted by atomic mass is 10.1. The molecule has 3 rings (SSSR count). The molecule has 2 aromatic rings. The van der Waals surface area contributed by atoms with Gasteiger partial charge < -0.3 is 15.0 Å². The van der Waals surface area contributed by atoms with Crippen LogP contribution >= 0.6 is 0 Å². The number of nitrogens with zero attached hydrogens (tertiary/aromatic N) is 4. The molecule has 26 heavy (non-hydrogen) atoms. The van der Waals surface area contributed by atoms with Crippen molar-refractivity contribution < 1.29 is 13.9 Å². The van der Waals surface area contributed by atoms with Gasteiger partial charge in [0.1, 0.15) is 5.82 Å². The fourth-order valence-electron chi connectivity index (χ4n) is 2.82. The number of anilines is 1. The number of halogens is 1. The van der Waals surface area contributed by atoms with E-state index >= 15 is 0 Å². The quantitative estimate of drug-likeness (QED) is 0.848. The zero-order valence-electron chi connectivity index (χ0n) is 14.7. The maximum Gasteiger partial charge on any atom is 0.321 e. The van der Waals surface area contributed by atoms with Crippen molar-refractivity contribution in [2.45, 2.75) is 32.2 Å². The summed E-state index contributed by atoms with van der Waals surface area (Å²) >= 11 is 0. The molecule has 8 heteroatoms. The number of piperidine rings is 1. The molecular weight excluding hydrogens is 337 g/mol. The molecule has 1 aliphatic rings. The van der Waals surface area contributed by atoms with Crippen molar-refractivity contribution in [2.24, 2.45) is 0 Å². The first-order valence-electron chi connectivity index (χ1n) is 8.69. The molecule has 0 radical (unpaired) electrons. The molecule has 0 aliphatic carbocycles. The highest BCUT2D eigenvalue weighted by molar-refractivity contribution is 5.78. The van der Waals surface area contributed by atoms with Gasteiger partial charge in [-0.05, 0) is 37.0 Å². The van der Waals surface area contributed by atoms with Crippen molar-refractivity contribution in [1.29, 1.82) is 0 Å². The molecule has 1 amide bonds. The molecule has 2 heterocycles. The highest BCUT2D eigenvalue weighted by atomic mass is 19.1. The maximum absolute atomic E-state index is 12.9. The Morgan fingerprint density at radius 1 is 1.15 bits per heavy atom. The van der Waals surface area contributed by atoms with Crippen LogP contribution in [-0.2, 0) is 17.8 Å². The zero-order chi connectivity index (χ0) is 18.4. The predicted molar refractivity (Wildman–Crippen MR) is 94.4 cm³/mol. The third-order valence-corrected chi connectivity index (χ3v) is 4.19. The third kappa shape index (κ3) is 4.87. The Morgan fingerprint density at radius 2 is 1.88 bits per heavy atom. The number of ether oxygens (including phenoxy) is 1. The van der Waals surface area contributed by atoms with Crippen LogP contribution in [0.3, 0.4) is 0 Å². The van der Waals surface area contributed by atoms with Crippen LogP contribution < -0.4 is 15.0 Å². The van der Waals surface area contributed by atoms with E-state index in [0.717, 1.165) is 31.5 Å². The summed E-state index contributed by atoms with van der Waals surface area (Å²) in [5.41, 5.74) is 0.742. The first kappa shape index (κ1) is 18.0. The summed E-state index contributed by atoms with van der Waals surface area (Å²) in [6.45, 7) is 1.99.